The molecule has 51 heavy (non-hydrogen) atoms. The summed E-state index contributed by atoms with van der Waals surface area (Å²) in [6.45, 7) is 4.32. The van der Waals surface area contributed by atoms with E-state index in [1.807, 2.05) is 19.0 Å². The third-order valence-electron chi connectivity index (χ3n) is 9.07. The van der Waals surface area contributed by atoms with Gasteiger partial charge in [0.05, 0.1) is 13.2 Å². The van der Waals surface area contributed by atoms with Crippen LogP contribution in [0.15, 0.2) is 12.2 Å². The summed E-state index contributed by atoms with van der Waals surface area (Å²) in [6, 6.07) is 0. The highest BCUT2D eigenvalue weighted by Crippen LogP contribution is 2.43. The lowest BCUT2D eigenvalue weighted by Crippen LogP contribution is -2.29. The average Bonchev–Trinajstić information content (AvgIpc) is 3.09. The van der Waals surface area contributed by atoms with Crippen molar-refractivity contribution in [3.63, 3.8) is 0 Å². The molecule has 0 spiro atoms. The highest BCUT2D eigenvalue weighted by Gasteiger charge is 2.26. The zero-order chi connectivity index (χ0) is 37.7. The van der Waals surface area contributed by atoms with Crippen molar-refractivity contribution in [3.8, 4) is 0 Å². The van der Waals surface area contributed by atoms with E-state index in [0.29, 0.717) is 19.4 Å². The molecule has 1 N–H and O–H groups in total. The smallest absolute Gasteiger partial charge is 0.462 e. The molecule has 0 radical (unpaired) electrons. The summed E-state index contributed by atoms with van der Waals surface area (Å²) in [5, 5.41) is 0. The Morgan fingerprint density at radius 2 is 1.00 bits per heavy atom. The van der Waals surface area contributed by atoms with Gasteiger partial charge in [0.25, 0.3) is 0 Å². The number of likely N-dealkylation sites (N-methyl/N-ethyl adjacent to an activating group) is 1. The van der Waals surface area contributed by atoms with E-state index < -0.39 is 26.5 Å². The summed E-state index contributed by atoms with van der Waals surface area (Å²) in [7, 11) is -0.707. The molecule has 0 fully saturated rings. The lowest BCUT2D eigenvalue weighted by atomic mass is 10.0. The number of phosphoric ester groups is 1. The normalized spacial score (nSPS) is 13.5. The first-order chi connectivity index (χ1) is 24.7. The summed E-state index contributed by atoms with van der Waals surface area (Å²) >= 11 is 0. The minimum atomic E-state index is -4.35. The molecule has 0 bridgehead atoms. The van der Waals surface area contributed by atoms with E-state index in [-0.39, 0.29) is 25.6 Å². The van der Waals surface area contributed by atoms with Crippen LogP contribution in [0.2, 0.25) is 0 Å². The highest BCUT2D eigenvalue weighted by molar-refractivity contribution is 7.47. The fraction of sp³-hybridized carbons (Fsp3) is 0.902. The number of unbranched alkanes of at least 4 members (excludes halogenated alkanes) is 23. The maximum Gasteiger partial charge on any atom is 0.472 e. The molecule has 0 heterocycles. The SMILES string of the molecule is CCCCCCCCC=CCCCCCCCC(=O)OC(COC(=O)CCCCCCCCCCCCCCC)COP(=O)(O)OCCN(C)C. The molecule has 0 aromatic rings. The molecule has 302 valence electrons. The molecule has 10 heteroatoms. The van der Waals surface area contributed by atoms with Crippen molar-refractivity contribution < 1.29 is 37.6 Å². The van der Waals surface area contributed by atoms with Gasteiger partial charge in [0.15, 0.2) is 6.10 Å². The van der Waals surface area contributed by atoms with Crippen molar-refractivity contribution >= 4 is 19.8 Å². The molecule has 0 aromatic heterocycles. The topological polar surface area (TPSA) is 112 Å². The lowest BCUT2D eigenvalue weighted by molar-refractivity contribution is -0.161. The second kappa shape index (κ2) is 37.1. The van der Waals surface area contributed by atoms with E-state index in [1.165, 1.54) is 109 Å². The van der Waals surface area contributed by atoms with Crippen LogP contribution in [0.25, 0.3) is 0 Å². The minimum absolute atomic E-state index is 0.00875. The predicted octanol–water partition coefficient (Wildman–Crippen LogP) is 11.7. The molecule has 0 saturated heterocycles. The Morgan fingerprint density at radius 1 is 0.588 bits per heavy atom. The number of allylic oxidation sites excluding steroid dienone is 2. The molecule has 0 aliphatic rings. The lowest BCUT2D eigenvalue weighted by Gasteiger charge is -2.20. The number of hydrogen-bond acceptors (Lipinski definition) is 8. The number of nitrogens with zero attached hydrogens (tertiary/aromatic N) is 1. The average molecular weight is 746 g/mol. The van der Waals surface area contributed by atoms with Gasteiger partial charge in [-0.2, -0.15) is 0 Å². The van der Waals surface area contributed by atoms with E-state index in [4.69, 9.17) is 18.5 Å². The number of esters is 2. The van der Waals surface area contributed by atoms with Crippen LogP contribution < -0.4 is 0 Å². The van der Waals surface area contributed by atoms with E-state index in [9.17, 15) is 19.0 Å². The van der Waals surface area contributed by atoms with Gasteiger partial charge in [-0.1, -0.05) is 154 Å². The van der Waals surface area contributed by atoms with Crippen LogP contribution >= 0.6 is 7.82 Å². The molecule has 0 saturated carbocycles. The third-order valence-corrected chi connectivity index (χ3v) is 10.1. The van der Waals surface area contributed by atoms with Crippen LogP contribution in [-0.2, 0) is 32.7 Å². The van der Waals surface area contributed by atoms with Gasteiger partial charge < -0.3 is 19.3 Å². The summed E-state index contributed by atoms with van der Waals surface area (Å²) in [6.07, 6.45) is 35.3. The molecule has 0 amide bonds. The van der Waals surface area contributed by atoms with E-state index in [0.717, 1.165) is 51.4 Å². The van der Waals surface area contributed by atoms with Crippen molar-refractivity contribution in [3.05, 3.63) is 12.2 Å². The number of ether oxygens (including phenoxy) is 2. The van der Waals surface area contributed by atoms with Crippen molar-refractivity contribution in [2.75, 3.05) is 40.5 Å². The van der Waals surface area contributed by atoms with Gasteiger partial charge in [0.2, 0.25) is 0 Å². The Kier molecular flexibility index (Phi) is 36.2. The van der Waals surface area contributed by atoms with Crippen molar-refractivity contribution in [1.82, 2.24) is 4.90 Å². The second-order valence-corrected chi connectivity index (χ2v) is 16.0. The zero-order valence-corrected chi connectivity index (χ0v) is 34.5. The van der Waals surface area contributed by atoms with Crippen LogP contribution in [-0.4, -0.2) is 68.3 Å². The van der Waals surface area contributed by atoms with E-state index in [1.54, 1.807) is 0 Å². The van der Waals surface area contributed by atoms with Gasteiger partial charge in [-0.15, -0.1) is 0 Å². The number of carbonyl (C=O) groups is 2. The molecule has 0 rings (SSSR count). The molecular formula is C41H80NO8P. The Bertz CT molecular complexity index is 869. The maximum absolute atomic E-state index is 12.6. The summed E-state index contributed by atoms with van der Waals surface area (Å²) in [4.78, 5) is 36.9. The van der Waals surface area contributed by atoms with Gasteiger partial charge in [-0.25, -0.2) is 4.57 Å². The van der Waals surface area contributed by atoms with Crippen molar-refractivity contribution in [1.29, 1.82) is 0 Å². The molecule has 0 aromatic carbocycles. The summed E-state index contributed by atoms with van der Waals surface area (Å²) in [5.41, 5.74) is 0. The Balaban J connectivity index is 4.31. The van der Waals surface area contributed by atoms with Gasteiger partial charge in [0, 0.05) is 19.4 Å². The van der Waals surface area contributed by atoms with E-state index in [2.05, 4.69) is 26.0 Å². The van der Waals surface area contributed by atoms with Crippen LogP contribution in [0.5, 0.6) is 0 Å². The largest absolute Gasteiger partial charge is 0.472 e. The van der Waals surface area contributed by atoms with Gasteiger partial charge in [0.1, 0.15) is 6.61 Å². The van der Waals surface area contributed by atoms with Crippen molar-refractivity contribution in [2.24, 2.45) is 0 Å². The molecule has 9 nitrogen and oxygen atoms in total. The van der Waals surface area contributed by atoms with E-state index >= 15 is 0 Å². The first-order valence-electron chi connectivity index (χ1n) is 21.0. The Morgan fingerprint density at radius 3 is 1.45 bits per heavy atom. The van der Waals surface area contributed by atoms with Crippen LogP contribution in [0, 0.1) is 0 Å². The van der Waals surface area contributed by atoms with Crippen LogP contribution in [0.4, 0.5) is 0 Å². The zero-order valence-electron chi connectivity index (χ0n) is 33.6. The number of rotatable bonds is 39. The Hall–Kier alpha value is -1.25. The van der Waals surface area contributed by atoms with Crippen molar-refractivity contribution in [2.45, 2.75) is 200 Å². The molecule has 0 aliphatic carbocycles. The third kappa shape index (κ3) is 38.3. The quantitative estimate of drug-likeness (QED) is 0.0284. The summed E-state index contributed by atoms with van der Waals surface area (Å²) < 4.78 is 33.4. The molecule has 2 unspecified atom stereocenters. The highest BCUT2D eigenvalue weighted by atomic mass is 31.2. The number of hydrogen-bond donors (Lipinski definition) is 1. The first kappa shape index (κ1) is 49.8. The number of carbonyl (C=O) groups excluding carboxylic acids is 2. The fourth-order valence-electron chi connectivity index (χ4n) is 5.80. The summed E-state index contributed by atoms with van der Waals surface area (Å²) in [5.74, 6) is -0.805. The number of phosphoric acid groups is 1. The fourth-order valence-corrected chi connectivity index (χ4v) is 6.54. The predicted molar refractivity (Wildman–Crippen MR) is 211 cm³/mol. The van der Waals surface area contributed by atoms with Crippen LogP contribution in [0.3, 0.4) is 0 Å². The van der Waals surface area contributed by atoms with Gasteiger partial charge in [-0.3, -0.25) is 18.6 Å². The monoisotopic (exact) mass is 746 g/mol. The molecule has 2 atom stereocenters. The van der Waals surface area contributed by atoms with Gasteiger partial charge >= 0.3 is 19.8 Å². The standard InChI is InChI=1S/C41H80NO8P/c1-5-7-9-11-13-15-17-19-20-22-24-26-28-30-32-34-41(44)50-39(38-49-51(45,46)48-36-35-42(3)4)37-47-40(43)33-31-29-27-25-23-21-18-16-14-12-10-8-6-2/h19-20,39H,5-18,21-38H2,1-4H3,(H,45,46). The second-order valence-electron chi connectivity index (χ2n) is 14.5. The first-order valence-corrected chi connectivity index (χ1v) is 22.5. The Labute approximate surface area is 314 Å². The molecular weight excluding hydrogens is 665 g/mol. The maximum atomic E-state index is 12.6. The minimum Gasteiger partial charge on any atom is -0.462 e. The molecule has 0 aliphatic heterocycles. The van der Waals surface area contributed by atoms with Gasteiger partial charge in [-0.05, 0) is 52.6 Å². The van der Waals surface area contributed by atoms with Crippen LogP contribution in [0.1, 0.15) is 194 Å².